The van der Waals surface area contributed by atoms with Gasteiger partial charge in [0.2, 0.25) is 0 Å². The summed E-state index contributed by atoms with van der Waals surface area (Å²) in [5.41, 5.74) is 2.09. The van der Waals surface area contributed by atoms with Crippen molar-refractivity contribution in [2.75, 3.05) is 19.0 Å². The Morgan fingerprint density at radius 3 is 2.37 bits per heavy atom. The lowest BCUT2D eigenvalue weighted by molar-refractivity contribution is 0.836. The molecule has 0 saturated heterocycles. The number of rotatable bonds is 2. The van der Waals surface area contributed by atoms with Gasteiger partial charge in [0.1, 0.15) is 0 Å². The zero-order valence-corrected chi connectivity index (χ0v) is 13.6. The van der Waals surface area contributed by atoms with Gasteiger partial charge in [-0.25, -0.2) is 0 Å². The summed E-state index contributed by atoms with van der Waals surface area (Å²) in [5, 5.41) is 2.19. The first-order chi connectivity index (χ1) is 8.90. The van der Waals surface area contributed by atoms with Crippen molar-refractivity contribution in [2.24, 2.45) is 0 Å². The molecule has 0 aliphatic heterocycles. The molecule has 1 aliphatic carbocycles. The van der Waals surface area contributed by atoms with Crippen LogP contribution in [0.25, 0.3) is 0 Å². The van der Waals surface area contributed by atoms with Crippen LogP contribution in [0.15, 0.2) is 39.4 Å². The summed E-state index contributed by atoms with van der Waals surface area (Å²) in [6.07, 6.45) is 2.52. The lowest BCUT2D eigenvalue weighted by Gasteiger charge is -2.22. The fourth-order valence-corrected chi connectivity index (χ4v) is 2.99. The molecule has 0 amide bonds. The van der Waals surface area contributed by atoms with Gasteiger partial charge in [0, 0.05) is 35.8 Å². The largest absolute Gasteiger partial charge is 0.378 e. The number of halogens is 4. The molecule has 0 fully saturated rings. The van der Waals surface area contributed by atoms with Gasteiger partial charge in [0.05, 0.1) is 10.1 Å². The van der Waals surface area contributed by atoms with E-state index < -0.39 is 0 Å². The third kappa shape index (κ3) is 3.22. The Bertz CT molecular complexity index is 561. The lowest BCUT2D eigenvalue weighted by atomic mass is 9.91. The first-order valence-electron chi connectivity index (χ1n) is 5.78. The summed E-state index contributed by atoms with van der Waals surface area (Å²) in [6, 6.07) is 5.92. The van der Waals surface area contributed by atoms with E-state index in [0.717, 1.165) is 11.3 Å². The van der Waals surface area contributed by atoms with Crippen molar-refractivity contribution >= 4 is 52.1 Å². The van der Waals surface area contributed by atoms with Crippen molar-refractivity contribution in [3.63, 3.8) is 0 Å². The van der Waals surface area contributed by atoms with Crippen LogP contribution in [0.4, 0.5) is 5.69 Å². The minimum absolute atomic E-state index is 0.0508. The number of allylic oxidation sites excluding steroid dienone is 4. The molecule has 1 unspecified atom stereocenters. The number of anilines is 1. The van der Waals surface area contributed by atoms with Crippen LogP contribution in [0.1, 0.15) is 17.9 Å². The molecular weight excluding hydrogens is 324 g/mol. The Morgan fingerprint density at radius 2 is 1.79 bits per heavy atom. The topological polar surface area (TPSA) is 3.24 Å². The standard InChI is InChI=1S/C14H13Cl4N/c1-19(2)9-3-4-11(15)10(7-9)8-5-12(16)14(18)13(17)6-8/h3-5,7-8H,6H2,1-2H3. The third-order valence-corrected chi connectivity index (χ3v) is 4.72. The molecule has 0 heterocycles. The molecule has 0 N–H and O–H groups in total. The van der Waals surface area contributed by atoms with Gasteiger partial charge in [0.15, 0.2) is 0 Å². The van der Waals surface area contributed by atoms with Gasteiger partial charge in [-0.3, -0.25) is 0 Å². The molecule has 0 bridgehead atoms. The minimum Gasteiger partial charge on any atom is -0.378 e. The molecule has 19 heavy (non-hydrogen) atoms. The van der Waals surface area contributed by atoms with Gasteiger partial charge in [-0.2, -0.15) is 0 Å². The van der Waals surface area contributed by atoms with Crippen LogP contribution in [-0.4, -0.2) is 14.1 Å². The summed E-state index contributed by atoms with van der Waals surface area (Å²) in [6.45, 7) is 0. The zero-order valence-electron chi connectivity index (χ0n) is 10.6. The first kappa shape index (κ1) is 15.1. The fourth-order valence-electron chi connectivity index (χ4n) is 2.01. The maximum absolute atomic E-state index is 6.28. The smallest absolute Gasteiger partial charge is 0.0734 e. The Hall–Kier alpha value is -0.340. The molecule has 0 aromatic heterocycles. The average Bonchev–Trinajstić information content (AvgIpc) is 2.35. The summed E-state index contributed by atoms with van der Waals surface area (Å²) < 4.78 is 0. The van der Waals surface area contributed by atoms with Crippen molar-refractivity contribution in [3.8, 4) is 0 Å². The number of nitrogens with zero attached hydrogens (tertiary/aromatic N) is 1. The van der Waals surface area contributed by atoms with Crippen LogP contribution in [0.3, 0.4) is 0 Å². The fraction of sp³-hybridized carbons (Fsp3) is 0.286. The van der Waals surface area contributed by atoms with E-state index in [1.807, 2.05) is 37.2 Å². The molecule has 2 rings (SSSR count). The molecular formula is C14H13Cl4N. The monoisotopic (exact) mass is 335 g/mol. The molecule has 102 valence electrons. The van der Waals surface area contributed by atoms with Gasteiger partial charge < -0.3 is 4.90 Å². The number of benzene rings is 1. The maximum atomic E-state index is 6.28. The second-order valence-corrected chi connectivity index (χ2v) is 6.29. The van der Waals surface area contributed by atoms with Gasteiger partial charge in [-0.15, -0.1) is 0 Å². The van der Waals surface area contributed by atoms with E-state index in [0.29, 0.717) is 26.5 Å². The van der Waals surface area contributed by atoms with E-state index in [4.69, 9.17) is 46.4 Å². The molecule has 1 atom stereocenters. The predicted octanol–water partition coefficient (Wildman–Crippen LogP) is 5.71. The van der Waals surface area contributed by atoms with Crippen molar-refractivity contribution in [2.45, 2.75) is 12.3 Å². The van der Waals surface area contributed by atoms with E-state index in [2.05, 4.69) is 6.07 Å². The van der Waals surface area contributed by atoms with Crippen LogP contribution < -0.4 is 4.90 Å². The molecule has 0 spiro atoms. The van der Waals surface area contributed by atoms with Gasteiger partial charge in [-0.05, 0) is 30.2 Å². The van der Waals surface area contributed by atoms with Crippen molar-refractivity contribution in [3.05, 3.63) is 50.0 Å². The summed E-state index contributed by atoms with van der Waals surface area (Å²) >= 11 is 24.5. The quantitative estimate of drug-likeness (QED) is 0.669. The van der Waals surface area contributed by atoms with E-state index >= 15 is 0 Å². The van der Waals surface area contributed by atoms with Crippen molar-refractivity contribution in [1.82, 2.24) is 0 Å². The highest BCUT2D eigenvalue weighted by Gasteiger charge is 2.22. The van der Waals surface area contributed by atoms with Crippen LogP contribution >= 0.6 is 46.4 Å². The van der Waals surface area contributed by atoms with Crippen LogP contribution in [-0.2, 0) is 0 Å². The van der Waals surface area contributed by atoms with Gasteiger partial charge >= 0.3 is 0 Å². The van der Waals surface area contributed by atoms with E-state index in [1.165, 1.54) is 0 Å². The summed E-state index contributed by atoms with van der Waals surface area (Å²) in [5.74, 6) is 0.0508. The Kier molecular flexibility index (Phi) is 4.73. The predicted molar refractivity (Wildman–Crippen MR) is 85.8 cm³/mol. The zero-order chi connectivity index (χ0) is 14.2. The van der Waals surface area contributed by atoms with Crippen LogP contribution in [0, 0.1) is 0 Å². The second kappa shape index (κ2) is 5.97. The number of hydrogen-bond acceptors (Lipinski definition) is 1. The third-order valence-electron chi connectivity index (χ3n) is 3.09. The highest BCUT2D eigenvalue weighted by atomic mass is 35.5. The van der Waals surface area contributed by atoms with Crippen molar-refractivity contribution < 1.29 is 0 Å². The van der Waals surface area contributed by atoms with E-state index in [-0.39, 0.29) is 5.92 Å². The van der Waals surface area contributed by atoms with Crippen LogP contribution in [0.5, 0.6) is 0 Å². The van der Waals surface area contributed by atoms with E-state index in [9.17, 15) is 0 Å². The Labute approximate surface area is 133 Å². The summed E-state index contributed by atoms with van der Waals surface area (Å²) in [7, 11) is 3.97. The minimum atomic E-state index is 0.0508. The SMILES string of the molecule is CN(C)c1ccc(Cl)c(C2C=C(Cl)C(Cl)=C(Cl)C2)c1. The molecule has 0 saturated carbocycles. The normalized spacial score (nSPS) is 19.5. The molecule has 0 radical (unpaired) electrons. The average molecular weight is 337 g/mol. The first-order valence-corrected chi connectivity index (χ1v) is 7.30. The number of hydrogen-bond donors (Lipinski definition) is 0. The molecule has 5 heteroatoms. The summed E-state index contributed by atoms with van der Waals surface area (Å²) in [4.78, 5) is 2.03. The highest BCUT2D eigenvalue weighted by molar-refractivity contribution is 6.48. The second-order valence-electron chi connectivity index (χ2n) is 4.64. The Balaban J connectivity index is 2.41. The van der Waals surface area contributed by atoms with E-state index in [1.54, 1.807) is 0 Å². The highest BCUT2D eigenvalue weighted by Crippen LogP contribution is 2.42. The molecule has 1 aromatic rings. The van der Waals surface area contributed by atoms with Crippen molar-refractivity contribution in [1.29, 1.82) is 0 Å². The molecule has 1 nitrogen and oxygen atoms in total. The van der Waals surface area contributed by atoms with Gasteiger partial charge in [-0.1, -0.05) is 52.5 Å². The lowest BCUT2D eigenvalue weighted by Crippen LogP contribution is -2.10. The Morgan fingerprint density at radius 1 is 1.11 bits per heavy atom. The maximum Gasteiger partial charge on any atom is 0.0734 e. The van der Waals surface area contributed by atoms with Gasteiger partial charge in [0.25, 0.3) is 0 Å². The van der Waals surface area contributed by atoms with Crippen LogP contribution in [0.2, 0.25) is 5.02 Å². The molecule has 1 aliphatic rings. The molecule has 1 aromatic carbocycles.